The number of H-pyrrole nitrogens is 1. The minimum Gasteiger partial charge on any atom is -0.405 e. The molecule has 0 aliphatic heterocycles. The number of halogens is 4. The number of nitrogens with zero attached hydrogens (tertiary/aromatic N) is 1. The van der Waals surface area contributed by atoms with Gasteiger partial charge in [-0.15, -0.1) is 13.2 Å². The Balaban J connectivity index is 1.91. The van der Waals surface area contributed by atoms with Crippen molar-refractivity contribution in [3.05, 3.63) is 46.2 Å². The maximum Gasteiger partial charge on any atom is 0.573 e. The van der Waals surface area contributed by atoms with Gasteiger partial charge in [0.25, 0.3) is 0 Å². The van der Waals surface area contributed by atoms with E-state index in [4.69, 9.17) is 0 Å². The van der Waals surface area contributed by atoms with Crippen LogP contribution in [0.2, 0.25) is 0 Å². The van der Waals surface area contributed by atoms with Crippen LogP contribution in [0.1, 0.15) is 11.3 Å². The minimum absolute atomic E-state index is 0.255. The highest BCUT2D eigenvalue weighted by Gasteiger charge is 2.31. The molecule has 0 aliphatic carbocycles. The Hall–Kier alpha value is -1.54. The number of hydrogen-bond acceptors (Lipinski definition) is 3. The van der Waals surface area contributed by atoms with Crippen LogP contribution in [0.25, 0.3) is 0 Å². The van der Waals surface area contributed by atoms with E-state index in [-0.39, 0.29) is 10.2 Å². The van der Waals surface area contributed by atoms with E-state index in [1.165, 1.54) is 6.07 Å². The molecule has 0 atom stereocenters. The first kappa shape index (κ1) is 14.9. The summed E-state index contributed by atoms with van der Waals surface area (Å²) >= 11 is 3.06. The molecule has 1 aromatic heterocycles. The largest absolute Gasteiger partial charge is 0.573 e. The molecule has 20 heavy (non-hydrogen) atoms. The van der Waals surface area contributed by atoms with Crippen molar-refractivity contribution in [1.29, 1.82) is 0 Å². The Morgan fingerprint density at radius 1 is 1.25 bits per heavy atom. The molecule has 0 saturated carbocycles. The second kappa shape index (κ2) is 6.27. The first-order valence-electron chi connectivity index (χ1n) is 5.67. The van der Waals surface area contributed by atoms with Gasteiger partial charge in [0.2, 0.25) is 0 Å². The lowest BCUT2D eigenvalue weighted by molar-refractivity contribution is -0.274. The summed E-state index contributed by atoms with van der Waals surface area (Å²) in [6, 6.07) is 6.28. The fourth-order valence-electron chi connectivity index (χ4n) is 1.59. The van der Waals surface area contributed by atoms with E-state index in [1.54, 1.807) is 18.3 Å². The second-order valence-electron chi connectivity index (χ2n) is 4.00. The van der Waals surface area contributed by atoms with Gasteiger partial charge in [0, 0.05) is 25.0 Å². The van der Waals surface area contributed by atoms with E-state index in [9.17, 15) is 13.2 Å². The fraction of sp³-hybridized carbons (Fsp3) is 0.250. The number of hydrogen-bond donors (Lipinski definition) is 2. The number of alkyl halides is 3. The zero-order chi connectivity index (χ0) is 14.6. The van der Waals surface area contributed by atoms with Gasteiger partial charge < -0.3 is 10.1 Å². The third-order valence-corrected chi connectivity index (χ3v) is 3.04. The first-order chi connectivity index (χ1) is 9.44. The van der Waals surface area contributed by atoms with Crippen molar-refractivity contribution in [2.24, 2.45) is 0 Å². The molecule has 8 heteroatoms. The molecule has 0 unspecified atom stereocenters. The van der Waals surface area contributed by atoms with E-state index >= 15 is 0 Å². The van der Waals surface area contributed by atoms with Crippen LogP contribution in [-0.2, 0) is 13.1 Å². The Morgan fingerprint density at radius 3 is 2.65 bits per heavy atom. The van der Waals surface area contributed by atoms with Crippen LogP contribution in [-0.4, -0.2) is 16.6 Å². The summed E-state index contributed by atoms with van der Waals surface area (Å²) in [6.45, 7) is 1.11. The van der Waals surface area contributed by atoms with Gasteiger partial charge in [-0.3, -0.25) is 5.10 Å². The zero-order valence-electron chi connectivity index (χ0n) is 10.2. The van der Waals surface area contributed by atoms with Gasteiger partial charge in [-0.2, -0.15) is 5.10 Å². The minimum atomic E-state index is -4.69. The van der Waals surface area contributed by atoms with E-state index in [0.29, 0.717) is 13.1 Å². The van der Waals surface area contributed by atoms with Crippen LogP contribution in [0.15, 0.2) is 34.9 Å². The van der Waals surface area contributed by atoms with Crippen molar-refractivity contribution in [3.8, 4) is 5.75 Å². The molecule has 1 aromatic carbocycles. The van der Waals surface area contributed by atoms with Gasteiger partial charge in [0.15, 0.2) is 0 Å². The van der Waals surface area contributed by atoms with Gasteiger partial charge in [-0.25, -0.2) is 0 Å². The predicted octanol–water partition coefficient (Wildman–Crippen LogP) is 3.36. The van der Waals surface area contributed by atoms with Gasteiger partial charge in [-0.05, 0) is 39.7 Å². The fourth-order valence-corrected chi connectivity index (χ4v) is 2.09. The molecule has 2 rings (SSSR count). The Kier molecular flexibility index (Phi) is 4.66. The molecular weight excluding hydrogens is 339 g/mol. The summed E-state index contributed by atoms with van der Waals surface area (Å²) in [5, 5.41) is 9.76. The molecule has 0 saturated heterocycles. The summed E-state index contributed by atoms with van der Waals surface area (Å²) in [5.41, 5.74) is 1.77. The molecule has 0 radical (unpaired) electrons. The van der Waals surface area contributed by atoms with Gasteiger partial charge in [0.1, 0.15) is 5.75 Å². The van der Waals surface area contributed by atoms with Crippen molar-refractivity contribution in [1.82, 2.24) is 15.5 Å². The van der Waals surface area contributed by atoms with E-state index in [0.717, 1.165) is 11.3 Å². The number of rotatable bonds is 5. The summed E-state index contributed by atoms with van der Waals surface area (Å²) < 4.78 is 40.5. The number of ether oxygens (including phenoxy) is 1. The SMILES string of the molecule is FC(F)(F)Oc1ccc(CNCc2ccn[nH]2)cc1Br. The van der Waals surface area contributed by atoms with Crippen LogP contribution >= 0.6 is 15.9 Å². The van der Waals surface area contributed by atoms with Crippen LogP contribution in [0.4, 0.5) is 13.2 Å². The number of aromatic nitrogens is 2. The molecule has 108 valence electrons. The summed E-state index contributed by atoms with van der Waals surface area (Å²) in [7, 11) is 0. The molecular formula is C12H11BrF3N3O. The number of nitrogens with one attached hydrogen (secondary N) is 2. The van der Waals surface area contributed by atoms with Gasteiger partial charge in [0.05, 0.1) is 4.47 Å². The van der Waals surface area contributed by atoms with E-state index in [2.05, 4.69) is 36.2 Å². The summed E-state index contributed by atoms with van der Waals surface area (Å²) in [5.74, 6) is -0.255. The average Bonchev–Trinajstić information content (AvgIpc) is 2.84. The van der Waals surface area contributed by atoms with Crippen molar-refractivity contribution >= 4 is 15.9 Å². The Morgan fingerprint density at radius 2 is 2.05 bits per heavy atom. The van der Waals surface area contributed by atoms with Crippen molar-refractivity contribution in [2.45, 2.75) is 19.5 Å². The van der Waals surface area contributed by atoms with Crippen LogP contribution < -0.4 is 10.1 Å². The Labute approximate surface area is 121 Å². The normalized spacial score (nSPS) is 11.6. The predicted molar refractivity (Wildman–Crippen MR) is 70.0 cm³/mol. The first-order valence-corrected chi connectivity index (χ1v) is 6.46. The molecule has 4 nitrogen and oxygen atoms in total. The highest BCUT2D eigenvalue weighted by molar-refractivity contribution is 9.10. The molecule has 0 fully saturated rings. The lowest BCUT2D eigenvalue weighted by atomic mass is 10.2. The molecule has 0 amide bonds. The monoisotopic (exact) mass is 349 g/mol. The highest BCUT2D eigenvalue weighted by atomic mass is 79.9. The van der Waals surface area contributed by atoms with Crippen LogP contribution in [0.3, 0.4) is 0 Å². The van der Waals surface area contributed by atoms with Crippen LogP contribution in [0, 0.1) is 0 Å². The van der Waals surface area contributed by atoms with Crippen molar-refractivity contribution in [3.63, 3.8) is 0 Å². The number of benzene rings is 1. The lowest BCUT2D eigenvalue weighted by Gasteiger charge is -2.11. The maximum absolute atomic E-state index is 12.1. The molecule has 0 spiro atoms. The topological polar surface area (TPSA) is 49.9 Å². The average molecular weight is 350 g/mol. The number of aromatic amines is 1. The highest BCUT2D eigenvalue weighted by Crippen LogP contribution is 2.31. The van der Waals surface area contributed by atoms with E-state index in [1.807, 2.05) is 6.07 Å². The van der Waals surface area contributed by atoms with Crippen molar-refractivity contribution < 1.29 is 17.9 Å². The third kappa shape index (κ3) is 4.53. The second-order valence-corrected chi connectivity index (χ2v) is 4.85. The molecule has 0 bridgehead atoms. The van der Waals surface area contributed by atoms with Crippen LogP contribution in [0.5, 0.6) is 5.75 Å². The maximum atomic E-state index is 12.1. The molecule has 1 heterocycles. The standard InChI is InChI=1S/C12H11BrF3N3O/c13-10-5-8(1-2-11(10)20-12(14,15)16)6-17-7-9-3-4-18-19-9/h1-5,17H,6-7H2,(H,18,19). The third-order valence-electron chi connectivity index (χ3n) is 2.42. The molecule has 0 aliphatic rings. The van der Waals surface area contributed by atoms with Crippen molar-refractivity contribution in [2.75, 3.05) is 0 Å². The molecule has 2 aromatic rings. The lowest BCUT2D eigenvalue weighted by Crippen LogP contribution is -2.17. The quantitative estimate of drug-likeness (QED) is 0.870. The van der Waals surface area contributed by atoms with Gasteiger partial charge >= 0.3 is 6.36 Å². The molecule has 2 N–H and O–H groups in total. The Bertz CT molecular complexity index is 558. The summed E-state index contributed by atoms with van der Waals surface area (Å²) in [4.78, 5) is 0. The summed E-state index contributed by atoms with van der Waals surface area (Å²) in [6.07, 6.45) is -3.04. The van der Waals surface area contributed by atoms with Gasteiger partial charge in [-0.1, -0.05) is 6.07 Å². The smallest absolute Gasteiger partial charge is 0.405 e. The van der Waals surface area contributed by atoms with E-state index < -0.39 is 6.36 Å². The zero-order valence-corrected chi connectivity index (χ0v) is 11.8.